The molecule has 3 saturated carbocycles. The first kappa shape index (κ1) is 12.0. The van der Waals surface area contributed by atoms with E-state index in [2.05, 4.69) is 27.7 Å². The minimum absolute atomic E-state index is 0.313. The average molecular weight is 236 g/mol. The van der Waals surface area contributed by atoms with Crippen LogP contribution >= 0.6 is 0 Å². The van der Waals surface area contributed by atoms with E-state index in [1.54, 1.807) is 0 Å². The predicted octanol–water partition coefficient (Wildman–Crippen LogP) is 3.86. The fraction of sp³-hybridized carbons (Fsp3) is 1.00. The summed E-state index contributed by atoms with van der Waals surface area (Å²) in [4.78, 5) is 0. The molecule has 3 rings (SSSR count). The van der Waals surface area contributed by atoms with Crippen molar-refractivity contribution >= 4 is 0 Å². The van der Waals surface area contributed by atoms with Crippen molar-refractivity contribution in [2.75, 3.05) is 0 Å². The standard InChI is InChI=1S/C16H28O/c1-10-13-11-7-5-6-8-12(11)14(13)16(4,17)9-15(10,2)3/h10-14,17H,5-9H2,1-4H3/t10-,11?,12?,13?,14?,16?/m1/s1. The van der Waals surface area contributed by atoms with Crippen molar-refractivity contribution in [1.29, 1.82) is 0 Å². The molecular formula is C16H28O. The monoisotopic (exact) mass is 236 g/mol. The van der Waals surface area contributed by atoms with Gasteiger partial charge in [-0.25, -0.2) is 0 Å². The summed E-state index contributed by atoms with van der Waals surface area (Å²) < 4.78 is 0. The van der Waals surface area contributed by atoms with Crippen molar-refractivity contribution in [2.24, 2.45) is 35.0 Å². The Balaban J connectivity index is 1.91. The van der Waals surface area contributed by atoms with Crippen molar-refractivity contribution in [3.05, 3.63) is 0 Å². The zero-order valence-electron chi connectivity index (χ0n) is 11.9. The summed E-state index contributed by atoms with van der Waals surface area (Å²) in [6.45, 7) is 9.28. The minimum atomic E-state index is -0.404. The molecule has 0 radical (unpaired) electrons. The van der Waals surface area contributed by atoms with E-state index in [-0.39, 0.29) is 0 Å². The van der Waals surface area contributed by atoms with Crippen LogP contribution in [0.25, 0.3) is 0 Å². The second-order valence-corrected chi connectivity index (χ2v) is 8.03. The van der Waals surface area contributed by atoms with Gasteiger partial charge in [-0.1, -0.05) is 33.6 Å². The highest BCUT2D eigenvalue weighted by molar-refractivity contribution is 5.13. The molecule has 0 aromatic rings. The zero-order valence-corrected chi connectivity index (χ0v) is 11.9. The maximum absolute atomic E-state index is 10.9. The summed E-state index contributed by atoms with van der Waals surface area (Å²) in [5, 5.41) is 10.9. The van der Waals surface area contributed by atoms with Crippen LogP contribution in [0, 0.1) is 35.0 Å². The van der Waals surface area contributed by atoms with Crippen LogP contribution in [0.1, 0.15) is 59.8 Å². The van der Waals surface area contributed by atoms with Gasteiger partial charge in [0.1, 0.15) is 0 Å². The van der Waals surface area contributed by atoms with Crippen molar-refractivity contribution in [1.82, 2.24) is 0 Å². The molecule has 1 nitrogen and oxygen atoms in total. The summed E-state index contributed by atoms with van der Waals surface area (Å²) in [7, 11) is 0. The maximum atomic E-state index is 10.9. The fourth-order valence-electron chi connectivity index (χ4n) is 5.80. The van der Waals surface area contributed by atoms with E-state index in [9.17, 15) is 5.11 Å². The van der Waals surface area contributed by atoms with Gasteiger partial charge in [-0.05, 0) is 61.2 Å². The third-order valence-corrected chi connectivity index (χ3v) is 6.59. The van der Waals surface area contributed by atoms with Crippen LogP contribution in [0.2, 0.25) is 0 Å². The smallest absolute Gasteiger partial charge is 0.0658 e. The van der Waals surface area contributed by atoms with E-state index in [4.69, 9.17) is 0 Å². The number of hydrogen-bond acceptors (Lipinski definition) is 1. The van der Waals surface area contributed by atoms with Crippen molar-refractivity contribution < 1.29 is 5.11 Å². The first-order chi connectivity index (χ1) is 7.84. The molecule has 0 saturated heterocycles. The van der Waals surface area contributed by atoms with Gasteiger partial charge in [0.2, 0.25) is 0 Å². The molecule has 3 fully saturated rings. The van der Waals surface area contributed by atoms with Crippen molar-refractivity contribution in [3.63, 3.8) is 0 Å². The van der Waals surface area contributed by atoms with E-state index in [1.807, 2.05) is 0 Å². The lowest BCUT2D eigenvalue weighted by Gasteiger charge is -2.67. The first-order valence-electron chi connectivity index (χ1n) is 7.57. The zero-order chi connectivity index (χ0) is 12.4. The van der Waals surface area contributed by atoms with Crippen LogP contribution in [-0.4, -0.2) is 10.7 Å². The van der Waals surface area contributed by atoms with Crippen LogP contribution in [0.4, 0.5) is 0 Å². The molecule has 1 heteroatoms. The third kappa shape index (κ3) is 1.54. The van der Waals surface area contributed by atoms with Crippen LogP contribution in [0.3, 0.4) is 0 Å². The molecule has 0 aliphatic heterocycles. The highest BCUT2D eigenvalue weighted by atomic mass is 16.3. The minimum Gasteiger partial charge on any atom is -0.390 e. The molecule has 0 bridgehead atoms. The first-order valence-corrected chi connectivity index (χ1v) is 7.57. The summed E-state index contributed by atoms with van der Waals surface area (Å²) in [6, 6.07) is 0. The van der Waals surface area contributed by atoms with Crippen LogP contribution in [-0.2, 0) is 0 Å². The average Bonchev–Trinajstić information content (AvgIpc) is 2.16. The van der Waals surface area contributed by atoms with Gasteiger partial charge in [-0.3, -0.25) is 0 Å². The Morgan fingerprint density at radius 2 is 1.59 bits per heavy atom. The molecule has 3 aliphatic carbocycles. The van der Waals surface area contributed by atoms with Gasteiger partial charge in [0.05, 0.1) is 5.60 Å². The quantitative estimate of drug-likeness (QED) is 0.677. The largest absolute Gasteiger partial charge is 0.390 e. The molecule has 5 unspecified atom stereocenters. The van der Waals surface area contributed by atoms with Crippen LogP contribution in [0.15, 0.2) is 0 Å². The number of rotatable bonds is 0. The molecule has 0 spiro atoms. The lowest BCUT2D eigenvalue weighted by Crippen LogP contribution is -2.66. The van der Waals surface area contributed by atoms with Gasteiger partial charge in [0.25, 0.3) is 0 Å². The molecule has 1 N–H and O–H groups in total. The lowest BCUT2D eigenvalue weighted by molar-refractivity contribution is -0.239. The van der Waals surface area contributed by atoms with E-state index in [1.165, 1.54) is 25.7 Å². The second-order valence-electron chi connectivity index (χ2n) is 8.03. The highest BCUT2D eigenvalue weighted by Gasteiger charge is 2.64. The summed E-state index contributed by atoms with van der Waals surface area (Å²) in [6.07, 6.45) is 6.64. The molecule has 0 aromatic heterocycles. The second kappa shape index (κ2) is 3.50. The number of hydrogen-bond donors (Lipinski definition) is 1. The lowest BCUT2D eigenvalue weighted by atomic mass is 9.38. The van der Waals surface area contributed by atoms with Crippen LogP contribution < -0.4 is 0 Å². The van der Waals surface area contributed by atoms with Gasteiger partial charge in [-0.15, -0.1) is 0 Å². The molecule has 17 heavy (non-hydrogen) atoms. The van der Waals surface area contributed by atoms with Gasteiger partial charge >= 0.3 is 0 Å². The summed E-state index contributed by atoms with van der Waals surface area (Å²) in [5.74, 6) is 3.99. The van der Waals surface area contributed by atoms with Crippen LogP contribution in [0.5, 0.6) is 0 Å². The molecular weight excluding hydrogens is 208 g/mol. The Labute approximate surface area is 106 Å². The van der Waals surface area contributed by atoms with Gasteiger partial charge in [-0.2, -0.15) is 0 Å². The third-order valence-electron chi connectivity index (χ3n) is 6.59. The number of fused-ring (bicyclic) bond motifs is 4. The fourth-order valence-corrected chi connectivity index (χ4v) is 5.80. The van der Waals surface area contributed by atoms with Crippen molar-refractivity contribution in [2.45, 2.75) is 65.4 Å². The SMILES string of the molecule is C[C@@H]1C2C3CCCCC3C2C(C)(O)CC1(C)C. The van der Waals surface area contributed by atoms with E-state index in [0.29, 0.717) is 11.3 Å². The topological polar surface area (TPSA) is 20.2 Å². The predicted molar refractivity (Wildman–Crippen MR) is 70.6 cm³/mol. The van der Waals surface area contributed by atoms with E-state index in [0.717, 1.165) is 30.1 Å². The normalized spacial score (nSPS) is 56.6. The molecule has 0 amide bonds. The molecule has 6 atom stereocenters. The van der Waals surface area contributed by atoms with Gasteiger partial charge in [0, 0.05) is 0 Å². The number of aliphatic hydroxyl groups is 1. The molecule has 0 heterocycles. The Morgan fingerprint density at radius 1 is 1.00 bits per heavy atom. The maximum Gasteiger partial charge on any atom is 0.0658 e. The Bertz CT molecular complexity index is 317. The summed E-state index contributed by atoms with van der Waals surface area (Å²) in [5.41, 5.74) is -0.0910. The Hall–Kier alpha value is -0.0400. The molecule has 3 aliphatic rings. The van der Waals surface area contributed by atoms with Gasteiger partial charge in [0.15, 0.2) is 0 Å². The molecule has 0 aromatic carbocycles. The Kier molecular flexibility index (Phi) is 2.47. The van der Waals surface area contributed by atoms with E-state index < -0.39 is 5.60 Å². The summed E-state index contributed by atoms with van der Waals surface area (Å²) >= 11 is 0. The molecule has 98 valence electrons. The van der Waals surface area contributed by atoms with Crippen molar-refractivity contribution in [3.8, 4) is 0 Å². The van der Waals surface area contributed by atoms with Gasteiger partial charge < -0.3 is 5.11 Å². The van der Waals surface area contributed by atoms with E-state index >= 15 is 0 Å². The highest BCUT2D eigenvalue weighted by Crippen LogP contribution is 2.67. The Morgan fingerprint density at radius 3 is 2.24 bits per heavy atom.